The Hall–Kier alpha value is -3.74. The van der Waals surface area contributed by atoms with E-state index in [-0.39, 0.29) is 17.3 Å². The SMILES string of the molecule is CCc1ccc(-c2cc(C(=O)N=Nc3c(O)[nH]c4ccccc34)[nH]n2)cc1. The van der Waals surface area contributed by atoms with Crippen molar-refractivity contribution in [3.63, 3.8) is 0 Å². The molecule has 27 heavy (non-hydrogen) atoms. The van der Waals surface area contributed by atoms with Gasteiger partial charge in [0.15, 0.2) is 5.69 Å². The van der Waals surface area contributed by atoms with Gasteiger partial charge in [-0.05, 0) is 24.1 Å². The number of aromatic nitrogens is 3. The second kappa shape index (κ2) is 6.87. The lowest BCUT2D eigenvalue weighted by atomic mass is 10.1. The fourth-order valence-electron chi connectivity index (χ4n) is 2.85. The molecule has 0 unspecified atom stereocenters. The molecule has 0 aliphatic rings. The van der Waals surface area contributed by atoms with Crippen LogP contribution in [0.4, 0.5) is 5.69 Å². The average molecular weight is 359 g/mol. The fourth-order valence-corrected chi connectivity index (χ4v) is 2.85. The lowest BCUT2D eigenvalue weighted by molar-refractivity contribution is 0.0990. The third kappa shape index (κ3) is 3.22. The molecule has 0 saturated carbocycles. The van der Waals surface area contributed by atoms with Gasteiger partial charge < -0.3 is 10.1 Å². The van der Waals surface area contributed by atoms with Crippen molar-refractivity contribution in [3.8, 4) is 17.1 Å². The number of azo groups is 1. The van der Waals surface area contributed by atoms with E-state index in [1.165, 1.54) is 5.56 Å². The normalized spacial score (nSPS) is 11.4. The summed E-state index contributed by atoms with van der Waals surface area (Å²) >= 11 is 0. The number of nitrogens with one attached hydrogen (secondary N) is 2. The van der Waals surface area contributed by atoms with E-state index in [0.717, 1.165) is 17.5 Å². The van der Waals surface area contributed by atoms with E-state index in [1.54, 1.807) is 18.2 Å². The van der Waals surface area contributed by atoms with Gasteiger partial charge in [0, 0.05) is 10.9 Å². The highest BCUT2D eigenvalue weighted by molar-refractivity contribution is 5.96. The molecule has 0 atom stereocenters. The first-order valence-electron chi connectivity index (χ1n) is 8.56. The van der Waals surface area contributed by atoms with E-state index in [1.807, 2.05) is 36.4 Å². The van der Waals surface area contributed by atoms with Gasteiger partial charge in [-0.15, -0.1) is 10.2 Å². The molecular formula is C20H17N5O2. The molecule has 0 bridgehead atoms. The van der Waals surface area contributed by atoms with Crippen LogP contribution in [0.5, 0.6) is 5.88 Å². The standard InChI is InChI=1S/C20H17N5O2/c1-2-12-7-9-13(10-8-12)16-11-17(23-22-16)19(26)25-24-18-14-5-3-4-6-15(14)21-20(18)27/h3-11,21,27H,2H2,1H3,(H,22,23). The predicted octanol–water partition coefficient (Wildman–Crippen LogP) is 4.75. The van der Waals surface area contributed by atoms with E-state index in [0.29, 0.717) is 11.1 Å². The van der Waals surface area contributed by atoms with E-state index in [2.05, 4.69) is 32.3 Å². The van der Waals surface area contributed by atoms with Gasteiger partial charge >= 0.3 is 5.91 Å². The monoisotopic (exact) mass is 359 g/mol. The third-order valence-electron chi connectivity index (χ3n) is 4.37. The van der Waals surface area contributed by atoms with Crippen LogP contribution in [0.2, 0.25) is 0 Å². The molecule has 4 aromatic rings. The van der Waals surface area contributed by atoms with Crippen LogP contribution in [0.1, 0.15) is 23.0 Å². The van der Waals surface area contributed by atoms with Crippen LogP contribution in [0.15, 0.2) is 64.8 Å². The molecule has 2 aromatic carbocycles. The number of aromatic hydroxyl groups is 1. The number of carbonyl (C=O) groups is 1. The molecule has 0 saturated heterocycles. The zero-order chi connectivity index (χ0) is 18.8. The second-order valence-corrected chi connectivity index (χ2v) is 6.09. The fraction of sp³-hybridized carbons (Fsp3) is 0.100. The molecule has 0 spiro atoms. The second-order valence-electron chi connectivity index (χ2n) is 6.09. The minimum atomic E-state index is -0.566. The molecule has 1 amide bonds. The van der Waals surface area contributed by atoms with Crippen LogP contribution in [0.25, 0.3) is 22.2 Å². The number of nitrogens with zero attached hydrogens (tertiary/aromatic N) is 3. The molecule has 0 fully saturated rings. The van der Waals surface area contributed by atoms with Gasteiger partial charge in [0.1, 0.15) is 5.69 Å². The van der Waals surface area contributed by atoms with Gasteiger partial charge in [-0.3, -0.25) is 9.89 Å². The Morgan fingerprint density at radius 2 is 1.93 bits per heavy atom. The molecule has 7 heteroatoms. The summed E-state index contributed by atoms with van der Waals surface area (Å²) in [6.45, 7) is 2.09. The first-order valence-corrected chi connectivity index (χ1v) is 8.56. The van der Waals surface area contributed by atoms with E-state index < -0.39 is 5.91 Å². The maximum atomic E-state index is 12.3. The minimum absolute atomic E-state index is 0.130. The summed E-state index contributed by atoms with van der Waals surface area (Å²) in [6, 6.07) is 16.9. The number of H-pyrrole nitrogens is 2. The highest BCUT2D eigenvalue weighted by Crippen LogP contribution is 2.35. The summed E-state index contributed by atoms with van der Waals surface area (Å²) in [6.07, 6.45) is 0.964. The summed E-state index contributed by atoms with van der Waals surface area (Å²) < 4.78 is 0. The van der Waals surface area contributed by atoms with E-state index in [4.69, 9.17) is 0 Å². The van der Waals surface area contributed by atoms with Crippen molar-refractivity contribution in [2.45, 2.75) is 13.3 Å². The van der Waals surface area contributed by atoms with Crippen LogP contribution >= 0.6 is 0 Å². The maximum absolute atomic E-state index is 12.3. The van der Waals surface area contributed by atoms with Crippen molar-refractivity contribution in [1.82, 2.24) is 15.2 Å². The molecule has 0 aliphatic carbocycles. The molecule has 3 N–H and O–H groups in total. The van der Waals surface area contributed by atoms with Gasteiger partial charge in [0.25, 0.3) is 0 Å². The quantitative estimate of drug-likeness (QED) is 0.458. The Labute approximate surface area is 154 Å². The Bertz CT molecular complexity index is 1140. The highest BCUT2D eigenvalue weighted by Gasteiger charge is 2.13. The summed E-state index contributed by atoms with van der Waals surface area (Å²) in [5, 5.41) is 25.2. The number of aryl methyl sites for hydroxylation is 1. The summed E-state index contributed by atoms with van der Waals surface area (Å²) in [4.78, 5) is 15.1. The number of para-hydroxylation sites is 1. The Morgan fingerprint density at radius 3 is 2.70 bits per heavy atom. The lowest BCUT2D eigenvalue weighted by Gasteiger charge is -1.98. The lowest BCUT2D eigenvalue weighted by Crippen LogP contribution is -1.93. The molecule has 134 valence electrons. The molecule has 2 heterocycles. The van der Waals surface area contributed by atoms with Crippen molar-refractivity contribution < 1.29 is 9.90 Å². The predicted molar refractivity (Wildman–Crippen MR) is 102 cm³/mol. The van der Waals surface area contributed by atoms with Crippen molar-refractivity contribution in [2.75, 3.05) is 0 Å². The molecule has 7 nitrogen and oxygen atoms in total. The first kappa shape index (κ1) is 16.7. The highest BCUT2D eigenvalue weighted by atomic mass is 16.3. The van der Waals surface area contributed by atoms with Gasteiger partial charge in [0.2, 0.25) is 5.88 Å². The van der Waals surface area contributed by atoms with Crippen LogP contribution in [0.3, 0.4) is 0 Å². The van der Waals surface area contributed by atoms with Gasteiger partial charge in [-0.1, -0.05) is 49.4 Å². The zero-order valence-corrected chi connectivity index (χ0v) is 14.6. The van der Waals surface area contributed by atoms with Crippen molar-refractivity contribution >= 4 is 22.5 Å². The molecule has 2 aromatic heterocycles. The van der Waals surface area contributed by atoms with Crippen LogP contribution < -0.4 is 0 Å². The Kier molecular flexibility index (Phi) is 4.25. The number of fused-ring (bicyclic) bond motifs is 1. The molecule has 0 radical (unpaired) electrons. The largest absolute Gasteiger partial charge is 0.493 e. The smallest absolute Gasteiger partial charge is 0.313 e. The van der Waals surface area contributed by atoms with Gasteiger partial charge in [-0.2, -0.15) is 5.10 Å². The molecule has 4 rings (SSSR count). The maximum Gasteiger partial charge on any atom is 0.313 e. The van der Waals surface area contributed by atoms with E-state index in [9.17, 15) is 9.90 Å². The number of hydrogen-bond acceptors (Lipinski definition) is 4. The van der Waals surface area contributed by atoms with Crippen LogP contribution in [-0.4, -0.2) is 26.2 Å². The Balaban J connectivity index is 1.57. The number of rotatable bonds is 4. The van der Waals surface area contributed by atoms with Gasteiger partial charge in [-0.25, -0.2) is 0 Å². The minimum Gasteiger partial charge on any atom is -0.493 e. The topological polar surface area (TPSA) is 106 Å². The third-order valence-corrected chi connectivity index (χ3v) is 4.37. The number of hydrogen-bond donors (Lipinski definition) is 3. The van der Waals surface area contributed by atoms with Crippen molar-refractivity contribution in [2.24, 2.45) is 10.2 Å². The molecule has 0 aliphatic heterocycles. The van der Waals surface area contributed by atoms with Crippen LogP contribution in [-0.2, 0) is 6.42 Å². The number of amides is 1. The van der Waals surface area contributed by atoms with Crippen molar-refractivity contribution in [3.05, 3.63) is 65.9 Å². The Morgan fingerprint density at radius 1 is 1.15 bits per heavy atom. The number of aromatic amines is 2. The summed E-state index contributed by atoms with van der Waals surface area (Å²) in [5.41, 5.74) is 3.98. The summed E-state index contributed by atoms with van der Waals surface area (Å²) in [7, 11) is 0. The first-order chi connectivity index (χ1) is 13.2. The average Bonchev–Trinajstić information content (AvgIpc) is 3.31. The summed E-state index contributed by atoms with van der Waals surface area (Å²) in [5.74, 6) is -0.697. The zero-order valence-electron chi connectivity index (χ0n) is 14.6. The van der Waals surface area contributed by atoms with Crippen LogP contribution in [0, 0.1) is 0 Å². The number of benzene rings is 2. The number of carbonyl (C=O) groups excluding carboxylic acids is 1. The van der Waals surface area contributed by atoms with E-state index >= 15 is 0 Å². The van der Waals surface area contributed by atoms with Crippen molar-refractivity contribution in [1.29, 1.82) is 0 Å². The van der Waals surface area contributed by atoms with Gasteiger partial charge in [0.05, 0.1) is 11.2 Å². The molecular weight excluding hydrogens is 342 g/mol.